The Kier molecular flexibility index (Phi) is 8.73. The van der Waals surface area contributed by atoms with Gasteiger partial charge in [0.05, 0.1) is 23.6 Å². The van der Waals surface area contributed by atoms with E-state index in [9.17, 15) is 23.9 Å². The lowest BCUT2D eigenvalue weighted by Gasteiger charge is -2.43. The molecule has 3 N–H and O–H groups in total. The first-order valence-corrected chi connectivity index (χ1v) is 19.7. The van der Waals surface area contributed by atoms with E-state index < -0.39 is 41.5 Å². The first-order valence-electron chi connectivity index (χ1n) is 19.7. The maximum atomic E-state index is 15.2. The van der Waals surface area contributed by atoms with Crippen LogP contribution in [0, 0.1) is 12.7 Å². The number of anilines is 3. The van der Waals surface area contributed by atoms with Gasteiger partial charge in [-0.3, -0.25) is 24.6 Å². The smallest absolute Gasteiger partial charge is 0.263 e. The molecule has 3 atom stereocenters. The molecule has 3 amide bonds. The number of halogens is 3. The van der Waals surface area contributed by atoms with Gasteiger partial charge in [-0.1, -0.05) is 12.1 Å². The summed E-state index contributed by atoms with van der Waals surface area (Å²) < 4.78 is 46.3. The zero-order valence-electron chi connectivity index (χ0n) is 32.0. The number of aryl methyl sites for hydroxylation is 1. The average molecular weight is 808 g/mol. The van der Waals surface area contributed by atoms with Gasteiger partial charge in [0, 0.05) is 93.1 Å². The molecule has 18 heteroatoms. The number of aromatic nitrogens is 5. The molecule has 10 rings (SSSR count). The van der Waals surface area contributed by atoms with Gasteiger partial charge in [0.1, 0.15) is 11.6 Å². The number of alkyl halides is 2. The second kappa shape index (κ2) is 13.9. The Balaban J connectivity index is 0.828. The fraction of sp³-hybridized carbons (Fsp3) is 0.390. The molecule has 8 heterocycles. The molecule has 59 heavy (non-hydrogen) atoms. The molecule has 5 aliphatic heterocycles. The van der Waals surface area contributed by atoms with Crippen molar-refractivity contribution in [3.63, 3.8) is 0 Å². The molecule has 3 saturated heterocycles. The van der Waals surface area contributed by atoms with Crippen molar-refractivity contribution in [2.45, 2.75) is 63.3 Å². The van der Waals surface area contributed by atoms with Crippen molar-refractivity contribution in [1.82, 2.24) is 40.1 Å². The molecule has 2 aromatic carbocycles. The molecule has 3 aromatic heterocycles. The Bertz CT molecular complexity index is 2560. The molecule has 5 aliphatic rings. The first kappa shape index (κ1) is 37.0. The van der Waals surface area contributed by atoms with Crippen molar-refractivity contribution in [1.29, 1.82) is 0 Å². The van der Waals surface area contributed by atoms with Crippen LogP contribution in [0.2, 0.25) is 0 Å². The summed E-state index contributed by atoms with van der Waals surface area (Å²) in [5.74, 6) is -2.01. The lowest BCUT2D eigenvalue weighted by molar-refractivity contribution is -0.136. The zero-order chi connectivity index (χ0) is 40.7. The van der Waals surface area contributed by atoms with Crippen LogP contribution in [0.15, 0.2) is 54.7 Å². The highest BCUT2D eigenvalue weighted by molar-refractivity contribution is 6.05. The first-order chi connectivity index (χ1) is 28.5. The second-order valence-corrected chi connectivity index (χ2v) is 16.1. The summed E-state index contributed by atoms with van der Waals surface area (Å²) in [6.45, 7) is 6.12. The number of piperazine rings is 1. The fourth-order valence-corrected chi connectivity index (χ4v) is 9.41. The number of phenols is 1. The average Bonchev–Trinajstić information content (AvgIpc) is 3.93. The minimum absolute atomic E-state index is 0.0652. The number of fused-ring (bicyclic) bond motifs is 5. The van der Waals surface area contributed by atoms with Gasteiger partial charge in [-0.05, 0) is 60.9 Å². The quantitative estimate of drug-likeness (QED) is 0.203. The molecule has 0 spiro atoms. The van der Waals surface area contributed by atoms with Crippen molar-refractivity contribution in [3.8, 4) is 17.0 Å². The van der Waals surface area contributed by atoms with Crippen LogP contribution >= 0.6 is 0 Å². The van der Waals surface area contributed by atoms with E-state index in [2.05, 4.69) is 41.8 Å². The third-order valence-corrected chi connectivity index (χ3v) is 12.7. The molecule has 0 saturated carbocycles. The van der Waals surface area contributed by atoms with Gasteiger partial charge in [-0.25, -0.2) is 22.8 Å². The maximum absolute atomic E-state index is 15.2. The molecule has 15 nitrogen and oxygen atoms in total. The summed E-state index contributed by atoms with van der Waals surface area (Å²) >= 11 is 0. The number of hydrogen-bond donors (Lipinski definition) is 3. The number of amides is 3. The minimum atomic E-state index is -2.73. The normalized spacial score (nSPS) is 23.1. The van der Waals surface area contributed by atoms with E-state index in [1.165, 1.54) is 12.1 Å². The van der Waals surface area contributed by atoms with E-state index in [1.807, 2.05) is 25.1 Å². The predicted octanol–water partition coefficient (Wildman–Crippen LogP) is 4.01. The number of imide groups is 1. The van der Waals surface area contributed by atoms with Crippen molar-refractivity contribution < 1.29 is 32.7 Å². The molecular weight excluding hydrogens is 768 g/mol. The lowest BCUT2D eigenvalue weighted by atomic mass is 9.92. The van der Waals surface area contributed by atoms with Crippen LogP contribution < -0.4 is 20.4 Å². The van der Waals surface area contributed by atoms with Crippen LogP contribution in [-0.2, 0) is 22.7 Å². The minimum Gasteiger partial charge on any atom is -0.504 e. The summed E-state index contributed by atoms with van der Waals surface area (Å²) in [5, 5.41) is 29.6. The van der Waals surface area contributed by atoms with Gasteiger partial charge in [-0.2, -0.15) is 5.10 Å². The largest absolute Gasteiger partial charge is 0.504 e. The second-order valence-electron chi connectivity index (χ2n) is 16.1. The number of phenolic OH excluding ortho intramolecular Hbond substituents is 1. The summed E-state index contributed by atoms with van der Waals surface area (Å²) in [4.78, 5) is 50.3. The van der Waals surface area contributed by atoms with Gasteiger partial charge >= 0.3 is 0 Å². The number of para-hydroxylation sites is 1. The van der Waals surface area contributed by atoms with Crippen molar-refractivity contribution in [2.75, 3.05) is 54.4 Å². The number of hydrogen-bond acceptors (Lipinski definition) is 12. The highest BCUT2D eigenvalue weighted by Crippen LogP contribution is 2.49. The Morgan fingerprint density at radius 1 is 1.02 bits per heavy atom. The van der Waals surface area contributed by atoms with Gasteiger partial charge < -0.3 is 25.1 Å². The van der Waals surface area contributed by atoms with E-state index in [0.29, 0.717) is 42.2 Å². The number of piperidine rings is 1. The van der Waals surface area contributed by atoms with Crippen LogP contribution in [0.1, 0.15) is 52.5 Å². The predicted molar refractivity (Wildman–Crippen MR) is 210 cm³/mol. The third-order valence-electron chi connectivity index (χ3n) is 12.7. The number of nitrogens with one attached hydrogen (secondary N) is 2. The van der Waals surface area contributed by atoms with E-state index in [-0.39, 0.29) is 49.0 Å². The molecule has 3 fully saturated rings. The summed E-state index contributed by atoms with van der Waals surface area (Å²) in [6.07, 6.45) is -0.375. The van der Waals surface area contributed by atoms with Crippen molar-refractivity contribution in [2.24, 2.45) is 0 Å². The Hall–Kier alpha value is -6.30. The van der Waals surface area contributed by atoms with Gasteiger partial charge in [0.25, 0.3) is 12.3 Å². The van der Waals surface area contributed by atoms with Crippen molar-refractivity contribution >= 4 is 45.9 Å². The number of aromatic hydroxyl groups is 1. The van der Waals surface area contributed by atoms with Crippen LogP contribution in [0.3, 0.4) is 0 Å². The number of benzene rings is 2. The molecular formula is C41H40F3N11O4. The molecule has 0 radical (unpaired) electrons. The number of carbonyl (C=O) groups is 3. The van der Waals surface area contributed by atoms with Crippen LogP contribution in [-0.4, -0.2) is 115 Å². The number of nitrogens with zero attached hydrogens (tertiary/aromatic N) is 9. The van der Waals surface area contributed by atoms with Gasteiger partial charge in [0.15, 0.2) is 23.0 Å². The summed E-state index contributed by atoms with van der Waals surface area (Å²) in [5.41, 5.74) is 3.96. The van der Waals surface area contributed by atoms with Crippen LogP contribution in [0.4, 0.5) is 30.4 Å². The Morgan fingerprint density at radius 2 is 1.85 bits per heavy atom. The maximum Gasteiger partial charge on any atom is 0.263 e. The Morgan fingerprint density at radius 3 is 2.64 bits per heavy atom. The molecule has 304 valence electrons. The SMILES string of the molecule is Cc1nc2c(cnn2[C@H]2CN3c4cc(-c5cccc(F)c5O)nnc4NC[C@@]3(C(F)F)C2)cc1CN1CCN(c2ccc3c(c2)C(=O)N([C@H]2CCC(=O)NC2=O)C3)CC1. The number of rotatable bonds is 7. The summed E-state index contributed by atoms with van der Waals surface area (Å²) in [7, 11) is 0. The van der Waals surface area contributed by atoms with Crippen molar-refractivity contribution in [3.05, 3.63) is 82.9 Å². The lowest BCUT2D eigenvalue weighted by Crippen LogP contribution is -2.57. The zero-order valence-corrected chi connectivity index (χ0v) is 32.0. The molecule has 5 aromatic rings. The number of pyridine rings is 1. The van der Waals surface area contributed by atoms with Gasteiger partial charge in [0.2, 0.25) is 11.8 Å². The summed E-state index contributed by atoms with van der Waals surface area (Å²) in [6, 6.07) is 12.5. The fourth-order valence-electron chi connectivity index (χ4n) is 9.41. The Labute approximate surface area is 335 Å². The standard InChI is InChI=1S/C41H40F3N11O4/c1-22-25(18-51-9-11-52(12-10-51)26-6-5-23-19-53(39(59)29(23)14-26)32-7-8-34(56)48-38(32)58)13-24-17-46-55(37(24)47-22)27-16-41(40(43)44)21-45-36-33(54(41)20-27)15-31(49-50-36)28-3-2-4-30(42)35(28)57/h2-6,13-15,17,27,32,40,57H,7-12,16,18-21H2,1H3,(H,45,50)(H,48,56,58)/t27-,32+,41-/m1/s1. The number of carbonyl (C=O) groups excluding carboxylic acids is 3. The van der Waals surface area contributed by atoms with E-state index in [1.54, 1.807) is 26.7 Å². The van der Waals surface area contributed by atoms with Gasteiger partial charge in [-0.15, -0.1) is 10.2 Å². The van der Waals surface area contributed by atoms with E-state index in [4.69, 9.17) is 4.98 Å². The third kappa shape index (κ3) is 6.10. The molecule has 0 bridgehead atoms. The van der Waals surface area contributed by atoms with E-state index in [0.717, 1.165) is 60.1 Å². The van der Waals surface area contributed by atoms with Crippen LogP contribution in [0.5, 0.6) is 5.75 Å². The molecule has 0 aliphatic carbocycles. The monoisotopic (exact) mass is 807 g/mol. The highest BCUT2D eigenvalue weighted by Gasteiger charge is 2.56. The van der Waals surface area contributed by atoms with E-state index >= 15 is 8.78 Å². The van der Waals surface area contributed by atoms with Crippen LogP contribution in [0.25, 0.3) is 22.3 Å². The topological polar surface area (TPSA) is 165 Å². The molecule has 0 unspecified atom stereocenters. The highest BCUT2D eigenvalue weighted by atomic mass is 19.3.